The summed E-state index contributed by atoms with van der Waals surface area (Å²) < 4.78 is 93.9. The van der Waals surface area contributed by atoms with Gasteiger partial charge in [0.05, 0.1) is 5.69 Å². The summed E-state index contributed by atoms with van der Waals surface area (Å²) in [5, 5.41) is 3.82. The number of amides is 1. The van der Waals surface area contributed by atoms with Crippen molar-refractivity contribution >= 4 is 11.6 Å². The Morgan fingerprint density at radius 1 is 0.878 bits per heavy atom. The Labute approximate surface area is 228 Å². The highest BCUT2D eigenvalue weighted by Crippen LogP contribution is 2.44. The van der Waals surface area contributed by atoms with Gasteiger partial charge in [-0.15, -0.1) is 0 Å². The van der Waals surface area contributed by atoms with Crippen molar-refractivity contribution in [3.05, 3.63) is 77.4 Å². The highest BCUT2D eigenvalue weighted by molar-refractivity contribution is 5.93. The van der Waals surface area contributed by atoms with Gasteiger partial charge in [-0.3, -0.25) is 9.69 Å². The molecule has 1 amide bonds. The molecule has 0 spiro atoms. The third kappa shape index (κ3) is 5.03. The summed E-state index contributed by atoms with van der Waals surface area (Å²) >= 11 is 0. The molecule has 2 aliphatic rings. The average molecular weight is 577 g/mol. The third-order valence-electron chi connectivity index (χ3n) is 6.97. The van der Waals surface area contributed by atoms with Gasteiger partial charge in [0.2, 0.25) is 6.79 Å². The monoisotopic (exact) mass is 577 g/mol. The second-order valence-electron chi connectivity index (χ2n) is 9.66. The van der Waals surface area contributed by atoms with Gasteiger partial charge in [-0.2, -0.15) is 27.1 Å². The number of nitrogens with zero attached hydrogens (tertiary/aromatic N) is 5. The van der Waals surface area contributed by atoms with E-state index in [1.807, 2.05) is 18.2 Å². The van der Waals surface area contributed by atoms with Crippen molar-refractivity contribution in [2.45, 2.75) is 18.6 Å². The summed E-state index contributed by atoms with van der Waals surface area (Å²) in [5.74, 6) is -5.22. The summed E-state index contributed by atoms with van der Waals surface area (Å²) in [7, 11) is 0. The molecule has 1 fully saturated rings. The Hall–Kier alpha value is -4.33. The van der Waals surface area contributed by atoms with Crippen LogP contribution in [0.1, 0.15) is 21.7 Å². The van der Waals surface area contributed by atoms with Crippen molar-refractivity contribution in [2.24, 2.45) is 0 Å². The molecule has 214 valence electrons. The number of hydrogen-bond donors (Lipinski definition) is 0. The molecule has 1 saturated heterocycles. The van der Waals surface area contributed by atoms with Crippen molar-refractivity contribution in [1.29, 1.82) is 0 Å². The van der Waals surface area contributed by atoms with E-state index in [2.05, 4.69) is 15.0 Å². The van der Waals surface area contributed by atoms with E-state index in [0.29, 0.717) is 41.7 Å². The number of hydrogen-bond acceptors (Lipinski definition) is 6. The highest BCUT2D eigenvalue weighted by Gasteiger charge is 2.60. The molecule has 41 heavy (non-hydrogen) atoms. The van der Waals surface area contributed by atoms with E-state index >= 15 is 0 Å². The first-order valence-corrected chi connectivity index (χ1v) is 12.5. The Morgan fingerprint density at radius 3 is 2.29 bits per heavy atom. The van der Waals surface area contributed by atoms with Crippen LogP contribution < -0.4 is 9.47 Å². The largest absolute Gasteiger partial charge is 0.459 e. The fourth-order valence-electron chi connectivity index (χ4n) is 4.78. The maximum atomic E-state index is 14.6. The highest BCUT2D eigenvalue weighted by atomic mass is 19.4. The Morgan fingerprint density at radius 2 is 1.59 bits per heavy atom. The summed E-state index contributed by atoms with van der Waals surface area (Å²) in [6.45, 7) is 2.34. The van der Waals surface area contributed by atoms with Gasteiger partial charge >= 0.3 is 12.1 Å². The van der Waals surface area contributed by atoms with Crippen LogP contribution in [-0.2, 0) is 12.5 Å². The van der Waals surface area contributed by atoms with E-state index in [1.54, 1.807) is 0 Å². The second-order valence-corrected chi connectivity index (χ2v) is 9.66. The van der Waals surface area contributed by atoms with Crippen LogP contribution in [-0.4, -0.2) is 69.5 Å². The molecule has 0 saturated carbocycles. The minimum Gasteiger partial charge on any atom is -0.454 e. The van der Waals surface area contributed by atoms with Gasteiger partial charge in [0.1, 0.15) is 11.5 Å². The second kappa shape index (κ2) is 9.94. The molecule has 4 heterocycles. The van der Waals surface area contributed by atoms with Crippen LogP contribution >= 0.6 is 0 Å². The number of piperazine rings is 1. The Bertz CT molecular complexity index is 1610. The minimum atomic E-state index is -5.94. The van der Waals surface area contributed by atoms with Crippen LogP contribution in [0, 0.1) is 5.82 Å². The van der Waals surface area contributed by atoms with E-state index in [9.17, 15) is 31.1 Å². The van der Waals surface area contributed by atoms with Gasteiger partial charge < -0.3 is 14.4 Å². The molecule has 0 unspecified atom stereocenters. The zero-order valence-corrected chi connectivity index (χ0v) is 21.2. The first kappa shape index (κ1) is 26.9. The fraction of sp³-hybridized carbons (Fsp3) is 0.296. The average Bonchev–Trinajstić information content (AvgIpc) is 3.59. The third-order valence-corrected chi connectivity index (χ3v) is 6.97. The maximum Gasteiger partial charge on any atom is 0.459 e. The number of carbonyl (C=O) groups is 1. The number of alkyl halides is 5. The summed E-state index contributed by atoms with van der Waals surface area (Å²) in [6.07, 6.45) is -5.94. The lowest BCUT2D eigenvalue weighted by Crippen LogP contribution is -2.48. The molecule has 6 rings (SSSR count). The van der Waals surface area contributed by atoms with Crippen LogP contribution in [0.5, 0.6) is 11.5 Å². The molecule has 2 aromatic carbocycles. The van der Waals surface area contributed by atoms with Crippen LogP contribution in [0.2, 0.25) is 0 Å². The molecular weight excluding hydrogens is 556 g/mol. The number of benzene rings is 2. The van der Waals surface area contributed by atoms with Crippen molar-refractivity contribution in [3.63, 3.8) is 0 Å². The minimum absolute atomic E-state index is 0.112. The zero-order chi connectivity index (χ0) is 28.9. The van der Waals surface area contributed by atoms with E-state index in [1.165, 1.54) is 17.0 Å². The molecule has 8 nitrogen and oxygen atoms in total. The molecule has 0 bridgehead atoms. The van der Waals surface area contributed by atoms with E-state index < -0.39 is 29.5 Å². The standard InChI is InChI=1S/C27H21F6N5O3/c28-18-4-2-17(3-5-18)19-12-23(26(29,30)27(31,32)33)38-24(34-19)13-20(35-38)25(39)37-9-7-36(8-10-37)14-16-1-6-21-22(11-16)41-15-40-21/h1-6,11-13H,7-10,14-15H2. The van der Waals surface area contributed by atoms with Crippen molar-refractivity contribution in [2.75, 3.05) is 33.0 Å². The summed E-state index contributed by atoms with van der Waals surface area (Å²) in [5.41, 5.74) is -1.36. The molecule has 0 aliphatic carbocycles. The van der Waals surface area contributed by atoms with Gasteiger partial charge in [0, 0.05) is 44.4 Å². The van der Waals surface area contributed by atoms with Crippen LogP contribution in [0.25, 0.3) is 16.9 Å². The molecule has 0 atom stereocenters. The quantitative estimate of drug-likeness (QED) is 0.315. The van der Waals surface area contributed by atoms with Crippen LogP contribution in [0.15, 0.2) is 54.6 Å². The molecule has 14 heteroatoms. The lowest BCUT2D eigenvalue weighted by molar-refractivity contribution is -0.291. The fourth-order valence-corrected chi connectivity index (χ4v) is 4.78. The molecule has 2 aromatic heterocycles. The zero-order valence-electron chi connectivity index (χ0n) is 21.2. The topological polar surface area (TPSA) is 72.2 Å². The Balaban J connectivity index is 1.24. The van der Waals surface area contributed by atoms with Gasteiger partial charge in [-0.25, -0.2) is 13.9 Å². The van der Waals surface area contributed by atoms with Crippen LogP contribution in [0.3, 0.4) is 0 Å². The van der Waals surface area contributed by atoms with Crippen molar-refractivity contribution in [3.8, 4) is 22.8 Å². The summed E-state index contributed by atoms with van der Waals surface area (Å²) in [6, 6.07) is 11.7. The number of rotatable bonds is 5. The number of ether oxygens (including phenoxy) is 2. The van der Waals surface area contributed by atoms with Gasteiger partial charge in [0.25, 0.3) is 5.91 Å². The smallest absolute Gasteiger partial charge is 0.454 e. The number of aromatic nitrogens is 3. The summed E-state index contributed by atoms with van der Waals surface area (Å²) in [4.78, 5) is 21.0. The number of carbonyl (C=O) groups excluding carboxylic acids is 1. The predicted octanol–water partition coefficient (Wildman–Crippen LogP) is 4.88. The molecule has 0 N–H and O–H groups in total. The Kier molecular flexibility index (Phi) is 6.52. The first-order chi connectivity index (χ1) is 19.5. The van der Waals surface area contributed by atoms with Gasteiger partial charge in [-0.05, 0) is 48.0 Å². The normalized spacial score (nSPS) is 16.0. The molecule has 0 radical (unpaired) electrons. The van der Waals surface area contributed by atoms with E-state index in [4.69, 9.17) is 9.47 Å². The predicted molar refractivity (Wildman–Crippen MR) is 132 cm³/mol. The van der Waals surface area contributed by atoms with Crippen LogP contribution in [0.4, 0.5) is 26.3 Å². The van der Waals surface area contributed by atoms with Crippen molar-refractivity contribution < 1.29 is 40.6 Å². The van der Waals surface area contributed by atoms with E-state index in [0.717, 1.165) is 23.8 Å². The first-order valence-electron chi connectivity index (χ1n) is 12.5. The van der Waals surface area contributed by atoms with Gasteiger partial charge in [-0.1, -0.05) is 6.07 Å². The molecular formula is C27H21F6N5O3. The maximum absolute atomic E-state index is 14.6. The lowest BCUT2D eigenvalue weighted by atomic mass is 10.1. The number of halogens is 6. The molecule has 2 aliphatic heterocycles. The lowest BCUT2D eigenvalue weighted by Gasteiger charge is -2.34. The number of fused-ring (bicyclic) bond motifs is 2. The van der Waals surface area contributed by atoms with Gasteiger partial charge in [0.15, 0.2) is 22.8 Å². The SMILES string of the molecule is O=C(c1cc2nc(-c3ccc(F)cc3)cc(C(F)(F)C(F)(F)F)n2n1)N1CCN(Cc2ccc3c(c2)OCO3)CC1. The molecule has 4 aromatic rings. The van der Waals surface area contributed by atoms with Crippen molar-refractivity contribution in [1.82, 2.24) is 24.4 Å². The van der Waals surface area contributed by atoms with E-state index in [-0.39, 0.29) is 42.5 Å².